The van der Waals surface area contributed by atoms with Crippen molar-refractivity contribution in [3.8, 4) is 0 Å². The fraction of sp³-hybridized carbons (Fsp3) is 0.200. The van der Waals surface area contributed by atoms with Gasteiger partial charge in [-0.25, -0.2) is 21.9 Å². The Morgan fingerprint density at radius 3 is 2.65 bits per heavy atom. The van der Waals surface area contributed by atoms with Crippen molar-refractivity contribution in [1.82, 2.24) is 4.72 Å². The van der Waals surface area contributed by atoms with E-state index < -0.39 is 26.6 Å². The molecule has 1 N–H and O–H groups in total. The highest BCUT2D eigenvalue weighted by atomic mass is 35.5. The lowest BCUT2D eigenvalue weighted by Crippen LogP contribution is -2.24. The van der Waals surface area contributed by atoms with Crippen molar-refractivity contribution < 1.29 is 17.2 Å². The molecule has 0 heterocycles. The molecule has 0 aromatic heterocycles. The Balaban J connectivity index is 2.89. The Labute approximate surface area is 103 Å². The number of halogens is 3. The van der Waals surface area contributed by atoms with Crippen LogP contribution in [-0.2, 0) is 10.0 Å². The Morgan fingerprint density at radius 1 is 1.29 bits per heavy atom. The van der Waals surface area contributed by atoms with Crippen LogP contribution >= 0.6 is 11.6 Å². The predicted octanol–water partition coefficient (Wildman–Crippen LogP) is 2.04. The largest absolute Gasteiger partial charge is 0.243 e. The second-order valence-corrected chi connectivity index (χ2v) is 5.10. The molecule has 1 aromatic rings. The van der Waals surface area contributed by atoms with Gasteiger partial charge in [0.15, 0.2) is 0 Å². The first-order valence-electron chi connectivity index (χ1n) is 4.63. The van der Waals surface area contributed by atoms with E-state index in [1.54, 1.807) is 0 Å². The number of allylic oxidation sites excluding steroid dienone is 1. The molecule has 17 heavy (non-hydrogen) atoms. The topological polar surface area (TPSA) is 46.2 Å². The first-order chi connectivity index (χ1) is 7.97. The van der Waals surface area contributed by atoms with E-state index >= 15 is 0 Å². The fourth-order valence-corrected chi connectivity index (χ4v) is 2.25. The quantitative estimate of drug-likeness (QED) is 0.663. The van der Waals surface area contributed by atoms with E-state index in [1.807, 2.05) is 0 Å². The van der Waals surface area contributed by atoms with Gasteiger partial charge in [-0.1, -0.05) is 12.2 Å². The first-order valence-corrected chi connectivity index (χ1v) is 6.65. The summed E-state index contributed by atoms with van der Waals surface area (Å²) < 4.78 is 51.3. The lowest BCUT2D eigenvalue weighted by Gasteiger charge is -2.05. The summed E-state index contributed by atoms with van der Waals surface area (Å²) in [6.07, 6.45) is 3.01. The number of alkyl halides is 1. The van der Waals surface area contributed by atoms with Gasteiger partial charge in [-0.2, -0.15) is 0 Å². The smallest absolute Gasteiger partial charge is 0.207 e. The molecule has 3 nitrogen and oxygen atoms in total. The number of benzene rings is 1. The third kappa shape index (κ3) is 4.07. The summed E-state index contributed by atoms with van der Waals surface area (Å²) in [6.45, 7) is -0.0367. The van der Waals surface area contributed by atoms with Gasteiger partial charge in [-0.15, -0.1) is 11.6 Å². The Hall–Kier alpha value is -0.980. The van der Waals surface area contributed by atoms with Crippen LogP contribution in [0.1, 0.15) is 0 Å². The minimum Gasteiger partial charge on any atom is -0.207 e. The molecule has 1 aromatic carbocycles. The van der Waals surface area contributed by atoms with E-state index in [4.69, 9.17) is 11.6 Å². The van der Waals surface area contributed by atoms with Gasteiger partial charge in [-0.3, -0.25) is 0 Å². The highest BCUT2D eigenvalue weighted by Gasteiger charge is 2.18. The van der Waals surface area contributed by atoms with Crippen molar-refractivity contribution >= 4 is 21.6 Å². The van der Waals surface area contributed by atoms with E-state index in [0.717, 1.165) is 12.1 Å². The molecule has 0 radical (unpaired) electrons. The Kier molecular flexibility index (Phi) is 5.04. The zero-order valence-electron chi connectivity index (χ0n) is 8.66. The number of rotatable bonds is 5. The molecule has 1 rings (SSSR count). The molecule has 0 aliphatic heterocycles. The van der Waals surface area contributed by atoms with Crippen molar-refractivity contribution in [3.63, 3.8) is 0 Å². The van der Waals surface area contributed by atoms with Crippen LogP contribution < -0.4 is 4.72 Å². The molecule has 0 aliphatic carbocycles. The monoisotopic (exact) mass is 281 g/mol. The van der Waals surface area contributed by atoms with Gasteiger partial charge in [-0.05, 0) is 18.2 Å². The minimum atomic E-state index is -4.05. The first kappa shape index (κ1) is 14.1. The Bertz CT molecular complexity index is 517. The molecule has 94 valence electrons. The van der Waals surface area contributed by atoms with Gasteiger partial charge in [0.2, 0.25) is 10.0 Å². The summed E-state index contributed by atoms with van der Waals surface area (Å²) in [4.78, 5) is -0.711. The molecule has 0 saturated carbocycles. The van der Waals surface area contributed by atoms with Crippen molar-refractivity contribution in [3.05, 3.63) is 42.0 Å². The van der Waals surface area contributed by atoms with Gasteiger partial charge < -0.3 is 0 Å². The number of nitrogens with one attached hydrogen (secondary N) is 1. The average Bonchev–Trinajstić information content (AvgIpc) is 2.28. The Morgan fingerprint density at radius 2 is 2.00 bits per heavy atom. The second-order valence-electron chi connectivity index (χ2n) is 3.05. The maximum absolute atomic E-state index is 13.2. The minimum absolute atomic E-state index is 0.0367. The van der Waals surface area contributed by atoms with Gasteiger partial charge in [0.05, 0.1) is 0 Å². The van der Waals surface area contributed by atoms with Crippen molar-refractivity contribution in [1.29, 1.82) is 0 Å². The van der Waals surface area contributed by atoms with E-state index in [2.05, 4.69) is 4.72 Å². The van der Waals surface area contributed by atoms with Crippen LogP contribution in [0, 0.1) is 11.6 Å². The average molecular weight is 282 g/mol. The number of sulfonamides is 1. The zero-order chi connectivity index (χ0) is 12.9. The third-order valence-electron chi connectivity index (χ3n) is 1.83. The van der Waals surface area contributed by atoms with Gasteiger partial charge in [0.25, 0.3) is 0 Å². The van der Waals surface area contributed by atoms with Crippen LogP contribution in [-0.4, -0.2) is 20.8 Å². The van der Waals surface area contributed by atoms with Crippen LogP contribution in [0.25, 0.3) is 0 Å². The summed E-state index contributed by atoms with van der Waals surface area (Å²) in [5, 5.41) is 0. The van der Waals surface area contributed by atoms with E-state index in [0.29, 0.717) is 6.07 Å². The fourth-order valence-electron chi connectivity index (χ4n) is 1.07. The molecule has 0 amide bonds. The zero-order valence-corrected chi connectivity index (χ0v) is 10.2. The molecule has 0 spiro atoms. The number of hydrogen-bond donors (Lipinski definition) is 1. The molecule has 0 aliphatic rings. The number of hydrogen-bond acceptors (Lipinski definition) is 2. The molecule has 7 heteroatoms. The molecular weight excluding hydrogens is 272 g/mol. The van der Waals surface area contributed by atoms with Crippen molar-refractivity contribution in [2.24, 2.45) is 0 Å². The maximum atomic E-state index is 13.2. The lowest BCUT2D eigenvalue weighted by atomic mass is 10.3. The lowest BCUT2D eigenvalue weighted by molar-refractivity contribution is 0.548. The van der Waals surface area contributed by atoms with Crippen LogP contribution in [0.15, 0.2) is 35.2 Å². The predicted molar refractivity (Wildman–Crippen MR) is 61.4 cm³/mol. The standard InChI is InChI=1S/C10H10ClF2NO2S/c11-5-1-2-6-14-17(15,16)10-7-8(12)3-4-9(10)13/h1-4,7,14H,5-6H2/b2-1+. The molecule has 0 unspecified atom stereocenters. The van der Waals surface area contributed by atoms with Crippen LogP contribution in [0.4, 0.5) is 8.78 Å². The highest BCUT2D eigenvalue weighted by molar-refractivity contribution is 7.89. The molecule has 0 fully saturated rings. The van der Waals surface area contributed by atoms with Crippen LogP contribution in [0.3, 0.4) is 0 Å². The van der Waals surface area contributed by atoms with Gasteiger partial charge in [0, 0.05) is 12.4 Å². The summed E-state index contributed by atoms with van der Waals surface area (Å²) in [5.74, 6) is -1.57. The highest BCUT2D eigenvalue weighted by Crippen LogP contribution is 2.15. The summed E-state index contributed by atoms with van der Waals surface area (Å²) in [5.41, 5.74) is 0. The summed E-state index contributed by atoms with van der Waals surface area (Å²) in [7, 11) is -4.05. The van der Waals surface area contributed by atoms with Gasteiger partial charge >= 0.3 is 0 Å². The SMILES string of the molecule is O=S(=O)(NC/C=C/CCl)c1cc(F)ccc1F. The summed E-state index contributed by atoms with van der Waals surface area (Å²) >= 11 is 5.34. The van der Waals surface area contributed by atoms with Crippen molar-refractivity contribution in [2.75, 3.05) is 12.4 Å². The van der Waals surface area contributed by atoms with Crippen LogP contribution in [0.2, 0.25) is 0 Å². The van der Waals surface area contributed by atoms with E-state index in [-0.39, 0.29) is 12.4 Å². The maximum Gasteiger partial charge on any atom is 0.243 e. The second kappa shape index (κ2) is 6.09. The van der Waals surface area contributed by atoms with Gasteiger partial charge in [0.1, 0.15) is 16.5 Å². The summed E-state index contributed by atoms with van der Waals surface area (Å²) in [6, 6.07) is 2.24. The third-order valence-corrected chi connectivity index (χ3v) is 3.45. The van der Waals surface area contributed by atoms with Crippen LogP contribution in [0.5, 0.6) is 0 Å². The van der Waals surface area contributed by atoms with Crippen molar-refractivity contribution in [2.45, 2.75) is 4.90 Å². The van der Waals surface area contributed by atoms with E-state index in [1.165, 1.54) is 12.2 Å². The molecule has 0 atom stereocenters. The van der Waals surface area contributed by atoms with E-state index in [9.17, 15) is 17.2 Å². The molecular formula is C10H10ClF2NO2S. The normalized spacial score (nSPS) is 12.2. The molecule has 0 saturated heterocycles. The molecule has 0 bridgehead atoms.